The Balaban J connectivity index is 2.42. The van der Waals surface area contributed by atoms with Crippen LogP contribution < -0.4 is 9.47 Å². The van der Waals surface area contributed by atoms with E-state index in [4.69, 9.17) is 9.47 Å². The lowest BCUT2D eigenvalue weighted by molar-refractivity contribution is 0.358. The van der Waals surface area contributed by atoms with E-state index in [1.807, 2.05) is 24.4 Å². The fraction of sp³-hybridized carbons (Fsp3) is 0.133. The van der Waals surface area contributed by atoms with E-state index in [0.29, 0.717) is 0 Å². The van der Waals surface area contributed by atoms with Crippen molar-refractivity contribution in [3.8, 4) is 11.5 Å². The summed E-state index contributed by atoms with van der Waals surface area (Å²) in [6, 6.07) is 10.2. The number of rotatable bonds is 2. The molecule has 3 heteroatoms. The molecule has 0 fully saturated rings. The van der Waals surface area contributed by atoms with Gasteiger partial charge in [-0.15, -0.1) is 0 Å². The average molecular weight is 239 g/mol. The van der Waals surface area contributed by atoms with Crippen molar-refractivity contribution in [1.29, 1.82) is 0 Å². The van der Waals surface area contributed by atoms with Crippen LogP contribution in [0.4, 0.5) is 0 Å². The van der Waals surface area contributed by atoms with Crippen LogP contribution in [0, 0.1) is 0 Å². The second kappa shape index (κ2) is 4.18. The van der Waals surface area contributed by atoms with Crippen LogP contribution in [0.3, 0.4) is 0 Å². The molecule has 1 heterocycles. The van der Waals surface area contributed by atoms with Gasteiger partial charge >= 0.3 is 0 Å². The van der Waals surface area contributed by atoms with Gasteiger partial charge in [0.1, 0.15) is 0 Å². The molecular weight excluding hydrogens is 226 g/mol. The number of methoxy groups -OCH3 is 2. The molecule has 90 valence electrons. The molecule has 3 rings (SSSR count). The maximum atomic E-state index is 5.46. The quantitative estimate of drug-likeness (QED) is 0.642. The van der Waals surface area contributed by atoms with Crippen LogP contribution in [0.25, 0.3) is 21.5 Å². The smallest absolute Gasteiger partial charge is 0.168 e. The molecule has 0 saturated carbocycles. The van der Waals surface area contributed by atoms with Gasteiger partial charge in [0.25, 0.3) is 0 Å². The van der Waals surface area contributed by atoms with Crippen LogP contribution in [0.15, 0.2) is 42.7 Å². The first kappa shape index (κ1) is 10.8. The Hall–Kier alpha value is -2.29. The molecule has 0 aliphatic heterocycles. The summed E-state index contributed by atoms with van der Waals surface area (Å²) in [5.74, 6) is 1.52. The van der Waals surface area contributed by atoms with E-state index < -0.39 is 0 Å². The topological polar surface area (TPSA) is 31.4 Å². The largest absolute Gasteiger partial charge is 0.493 e. The standard InChI is InChI=1S/C15H13NO2/c1-17-14-4-3-11-7-12-9-16-6-5-10(12)8-13(11)15(14)18-2/h3-9H,1-2H3. The Labute approximate surface area is 105 Å². The second-order valence-corrected chi connectivity index (χ2v) is 4.10. The van der Waals surface area contributed by atoms with Gasteiger partial charge in [-0.05, 0) is 35.0 Å². The van der Waals surface area contributed by atoms with Crippen molar-refractivity contribution < 1.29 is 9.47 Å². The van der Waals surface area contributed by atoms with E-state index in [-0.39, 0.29) is 0 Å². The minimum atomic E-state index is 0.749. The van der Waals surface area contributed by atoms with Gasteiger partial charge in [0.15, 0.2) is 11.5 Å². The third kappa shape index (κ3) is 1.56. The lowest BCUT2D eigenvalue weighted by atomic mass is 10.0. The van der Waals surface area contributed by atoms with Crippen LogP contribution in [-0.2, 0) is 0 Å². The summed E-state index contributed by atoms with van der Waals surface area (Å²) in [6.45, 7) is 0. The van der Waals surface area contributed by atoms with E-state index in [1.165, 1.54) is 0 Å². The summed E-state index contributed by atoms with van der Waals surface area (Å²) in [5, 5.41) is 4.44. The monoisotopic (exact) mass is 239 g/mol. The third-order valence-corrected chi connectivity index (χ3v) is 3.12. The van der Waals surface area contributed by atoms with E-state index in [1.54, 1.807) is 20.4 Å². The highest BCUT2D eigenvalue weighted by Crippen LogP contribution is 2.37. The van der Waals surface area contributed by atoms with E-state index in [2.05, 4.69) is 17.1 Å². The first-order chi connectivity index (χ1) is 8.83. The van der Waals surface area contributed by atoms with Gasteiger partial charge in [-0.3, -0.25) is 4.98 Å². The average Bonchev–Trinajstić information content (AvgIpc) is 2.43. The molecule has 3 nitrogen and oxygen atoms in total. The molecule has 0 radical (unpaired) electrons. The molecule has 3 aromatic rings. The zero-order chi connectivity index (χ0) is 12.5. The predicted octanol–water partition coefficient (Wildman–Crippen LogP) is 3.41. The van der Waals surface area contributed by atoms with Crippen molar-refractivity contribution in [2.45, 2.75) is 0 Å². The Morgan fingerprint density at radius 1 is 0.889 bits per heavy atom. The van der Waals surface area contributed by atoms with E-state index in [9.17, 15) is 0 Å². The van der Waals surface area contributed by atoms with Crippen molar-refractivity contribution >= 4 is 21.5 Å². The highest BCUT2D eigenvalue weighted by Gasteiger charge is 2.09. The van der Waals surface area contributed by atoms with Gasteiger partial charge in [0.2, 0.25) is 0 Å². The molecule has 0 bridgehead atoms. The number of hydrogen-bond acceptors (Lipinski definition) is 3. The molecule has 0 aliphatic rings. The van der Waals surface area contributed by atoms with E-state index in [0.717, 1.165) is 33.0 Å². The Bertz CT molecular complexity index is 722. The molecule has 0 aliphatic carbocycles. The molecule has 0 spiro atoms. The fourth-order valence-electron chi connectivity index (χ4n) is 2.23. The molecular formula is C15H13NO2. The lowest BCUT2D eigenvalue weighted by Crippen LogP contribution is -1.91. The summed E-state index contributed by atoms with van der Waals surface area (Å²) in [7, 11) is 3.31. The van der Waals surface area contributed by atoms with Gasteiger partial charge in [-0.1, -0.05) is 6.07 Å². The van der Waals surface area contributed by atoms with Crippen molar-refractivity contribution in [2.24, 2.45) is 0 Å². The normalized spacial score (nSPS) is 10.8. The van der Waals surface area contributed by atoms with Crippen LogP contribution in [-0.4, -0.2) is 19.2 Å². The Morgan fingerprint density at radius 2 is 1.78 bits per heavy atom. The maximum Gasteiger partial charge on any atom is 0.168 e. The third-order valence-electron chi connectivity index (χ3n) is 3.12. The predicted molar refractivity (Wildman–Crippen MR) is 72.4 cm³/mol. The Morgan fingerprint density at radius 3 is 2.56 bits per heavy atom. The lowest BCUT2D eigenvalue weighted by Gasteiger charge is -2.11. The highest BCUT2D eigenvalue weighted by atomic mass is 16.5. The van der Waals surface area contributed by atoms with Gasteiger partial charge in [0.05, 0.1) is 14.2 Å². The molecule has 0 atom stereocenters. The summed E-state index contributed by atoms with van der Waals surface area (Å²) in [4.78, 5) is 4.14. The summed E-state index contributed by atoms with van der Waals surface area (Å²) in [6.07, 6.45) is 3.66. The zero-order valence-corrected chi connectivity index (χ0v) is 10.3. The SMILES string of the molecule is COc1ccc2cc3cnccc3cc2c1OC. The second-order valence-electron chi connectivity index (χ2n) is 4.10. The van der Waals surface area contributed by atoms with E-state index >= 15 is 0 Å². The van der Waals surface area contributed by atoms with Crippen LogP contribution in [0.5, 0.6) is 11.5 Å². The zero-order valence-electron chi connectivity index (χ0n) is 10.3. The summed E-state index contributed by atoms with van der Waals surface area (Å²) >= 11 is 0. The molecule has 2 aromatic carbocycles. The number of benzene rings is 2. The number of aromatic nitrogens is 1. The van der Waals surface area contributed by atoms with Crippen LogP contribution in [0.2, 0.25) is 0 Å². The maximum absolute atomic E-state index is 5.46. The highest BCUT2D eigenvalue weighted by molar-refractivity contribution is 6.01. The Kier molecular flexibility index (Phi) is 2.52. The molecule has 18 heavy (non-hydrogen) atoms. The van der Waals surface area contributed by atoms with Crippen molar-refractivity contribution in [3.63, 3.8) is 0 Å². The number of hydrogen-bond donors (Lipinski definition) is 0. The van der Waals surface area contributed by atoms with Crippen molar-refractivity contribution in [3.05, 3.63) is 42.7 Å². The molecule has 0 saturated heterocycles. The van der Waals surface area contributed by atoms with Gasteiger partial charge in [-0.2, -0.15) is 0 Å². The van der Waals surface area contributed by atoms with Crippen LogP contribution in [0.1, 0.15) is 0 Å². The molecule has 0 amide bonds. The number of nitrogens with zero attached hydrogens (tertiary/aromatic N) is 1. The van der Waals surface area contributed by atoms with Crippen LogP contribution >= 0.6 is 0 Å². The van der Waals surface area contributed by atoms with Gasteiger partial charge in [0, 0.05) is 23.2 Å². The molecule has 1 aromatic heterocycles. The van der Waals surface area contributed by atoms with Gasteiger partial charge < -0.3 is 9.47 Å². The molecule has 0 unspecified atom stereocenters. The number of ether oxygens (including phenoxy) is 2. The summed E-state index contributed by atoms with van der Waals surface area (Å²) < 4.78 is 10.8. The number of pyridine rings is 1. The number of fused-ring (bicyclic) bond motifs is 2. The van der Waals surface area contributed by atoms with Crippen molar-refractivity contribution in [1.82, 2.24) is 4.98 Å². The first-order valence-electron chi connectivity index (χ1n) is 5.72. The molecule has 0 N–H and O–H groups in total. The first-order valence-corrected chi connectivity index (χ1v) is 5.72. The summed E-state index contributed by atoms with van der Waals surface area (Å²) in [5.41, 5.74) is 0. The fourth-order valence-corrected chi connectivity index (χ4v) is 2.23. The van der Waals surface area contributed by atoms with Gasteiger partial charge in [-0.25, -0.2) is 0 Å². The van der Waals surface area contributed by atoms with Crippen molar-refractivity contribution in [2.75, 3.05) is 14.2 Å². The minimum Gasteiger partial charge on any atom is -0.493 e. The minimum absolute atomic E-state index is 0.749.